The first-order chi connectivity index (χ1) is 11.0. The molecule has 0 heterocycles. The molecule has 2 aromatic rings. The Hall–Kier alpha value is -2.33. The first-order valence-corrected chi connectivity index (χ1v) is 7.75. The Labute approximate surface area is 140 Å². The molecule has 0 aliphatic rings. The summed E-state index contributed by atoms with van der Waals surface area (Å²) < 4.78 is 0. The quantitative estimate of drug-likeness (QED) is 0.878. The Balaban J connectivity index is 1.82. The van der Waals surface area contributed by atoms with Gasteiger partial charge in [0.05, 0.1) is 10.6 Å². The molecule has 0 fully saturated rings. The third-order valence-corrected chi connectivity index (χ3v) is 3.88. The van der Waals surface area contributed by atoms with E-state index in [1.165, 1.54) is 5.56 Å². The minimum atomic E-state index is -0.283. The average Bonchev–Trinajstić information content (AvgIpc) is 2.51. The Morgan fingerprint density at radius 3 is 2.48 bits per heavy atom. The average molecular weight is 331 g/mol. The van der Waals surface area contributed by atoms with Gasteiger partial charge in [-0.3, -0.25) is 9.59 Å². The topological polar surface area (TPSA) is 58.2 Å². The predicted octanol–water partition coefficient (Wildman–Crippen LogP) is 3.72. The van der Waals surface area contributed by atoms with Crippen LogP contribution in [-0.4, -0.2) is 18.4 Å². The number of rotatable bonds is 5. The van der Waals surface area contributed by atoms with Crippen LogP contribution in [0, 0.1) is 13.8 Å². The molecule has 0 saturated heterocycles. The van der Waals surface area contributed by atoms with Gasteiger partial charge >= 0.3 is 0 Å². The highest BCUT2D eigenvalue weighted by molar-refractivity contribution is 6.33. The molecular weight excluding hydrogens is 312 g/mol. The summed E-state index contributed by atoms with van der Waals surface area (Å²) in [6.45, 7) is 4.26. The first kappa shape index (κ1) is 17.0. The zero-order valence-electron chi connectivity index (χ0n) is 13.2. The smallest absolute Gasteiger partial charge is 0.252 e. The Bertz CT molecular complexity index is 729. The van der Waals surface area contributed by atoms with Crippen LogP contribution in [0.15, 0.2) is 42.5 Å². The molecule has 4 nitrogen and oxygen atoms in total. The van der Waals surface area contributed by atoms with Crippen molar-refractivity contribution in [2.75, 3.05) is 11.9 Å². The molecule has 120 valence electrons. The number of benzene rings is 2. The van der Waals surface area contributed by atoms with E-state index in [1.807, 2.05) is 32.0 Å². The zero-order valence-corrected chi connectivity index (χ0v) is 13.9. The number of halogens is 1. The number of hydrogen-bond acceptors (Lipinski definition) is 2. The van der Waals surface area contributed by atoms with Gasteiger partial charge in [-0.15, -0.1) is 0 Å². The van der Waals surface area contributed by atoms with E-state index in [4.69, 9.17) is 11.6 Å². The van der Waals surface area contributed by atoms with Crippen LogP contribution in [0.4, 0.5) is 5.69 Å². The van der Waals surface area contributed by atoms with Crippen molar-refractivity contribution in [2.24, 2.45) is 0 Å². The summed E-state index contributed by atoms with van der Waals surface area (Å²) in [7, 11) is 0. The van der Waals surface area contributed by atoms with Gasteiger partial charge in [-0.2, -0.15) is 0 Å². The molecule has 2 N–H and O–H groups in total. The van der Waals surface area contributed by atoms with Crippen molar-refractivity contribution in [1.82, 2.24) is 5.32 Å². The van der Waals surface area contributed by atoms with Crippen LogP contribution in [0.1, 0.15) is 27.9 Å². The largest absolute Gasteiger partial charge is 0.351 e. The Kier molecular flexibility index (Phi) is 5.77. The second-order valence-electron chi connectivity index (χ2n) is 5.33. The first-order valence-electron chi connectivity index (χ1n) is 7.37. The second-order valence-corrected chi connectivity index (χ2v) is 5.74. The molecule has 0 bridgehead atoms. The van der Waals surface area contributed by atoms with Gasteiger partial charge in [0.1, 0.15) is 0 Å². The molecule has 0 atom stereocenters. The molecule has 2 amide bonds. The highest BCUT2D eigenvalue weighted by Gasteiger charge is 2.10. The maximum atomic E-state index is 12.0. The minimum Gasteiger partial charge on any atom is -0.351 e. The molecule has 0 aromatic heterocycles. The highest BCUT2D eigenvalue weighted by Crippen LogP contribution is 2.15. The highest BCUT2D eigenvalue weighted by atomic mass is 35.5. The zero-order chi connectivity index (χ0) is 16.8. The maximum Gasteiger partial charge on any atom is 0.252 e. The lowest BCUT2D eigenvalue weighted by atomic mass is 10.1. The van der Waals surface area contributed by atoms with Crippen LogP contribution in [0.2, 0.25) is 5.02 Å². The van der Waals surface area contributed by atoms with Crippen molar-refractivity contribution < 1.29 is 9.59 Å². The fourth-order valence-corrected chi connectivity index (χ4v) is 2.29. The number of anilines is 1. The van der Waals surface area contributed by atoms with Gasteiger partial charge in [0.15, 0.2) is 0 Å². The summed E-state index contributed by atoms with van der Waals surface area (Å²) in [6, 6.07) is 12.6. The van der Waals surface area contributed by atoms with E-state index in [9.17, 15) is 9.59 Å². The van der Waals surface area contributed by atoms with Gasteiger partial charge in [-0.25, -0.2) is 0 Å². The molecule has 2 rings (SSSR count). The molecule has 0 aliphatic carbocycles. The van der Waals surface area contributed by atoms with E-state index in [1.54, 1.807) is 24.3 Å². The summed E-state index contributed by atoms with van der Waals surface area (Å²) in [5, 5.41) is 5.90. The number of carbonyl (C=O) groups excluding carboxylic acids is 2. The molecule has 0 saturated carbocycles. The molecule has 0 radical (unpaired) electrons. The number of amides is 2. The van der Waals surface area contributed by atoms with Crippen LogP contribution < -0.4 is 10.6 Å². The minimum absolute atomic E-state index is 0.146. The summed E-state index contributed by atoms with van der Waals surface area (Å²) in [5.41, 5.74) is 3.46. The van der Waals surface area contributed by atoms with Crippen molar-refractivity contribution in [3.8, 4) is 0 Å². The van der Waals surface area contributed by atoms with Crippen molar-refractivity contribution >= 4 is 29.1 Å². The predicted molar refractivity (Wildman–Crippen MR) is 92.9 cm³/mol. The van der Waals surface area contributed by atoms with Gasteiger partial charge in [0.2, 0.25) is 5.91 Å². The van der Waals surface area contributed by atoms with Crippen LogP contribution in [-0.2, 0) is 4.79 Å². The molecule has 2 aromatic carbocycles. The number of hydrogen-bond donors (Lipinski definition) is 2. The van der Waals surface area contributed by atoms with Crippen molar-refractivity contribution in [3.05, 3.63) is 64.2 Å². The van der Waals surface area contributed by atoms with Crippen molar-refractivity contribution in [2.45, 2.75) is 20.3 Å². The van der Waals surface area contributed by atoms with Crippen molar-refractivity contribution in [3.63, 3.8) is 0 Å². The Morgan fingerprint density at radius 1 is 1.04 bits per heavy atom. The summed E-state index contributed by atoms with van der Waals surface area (Å²) in [5.74, 6) is -0.428. The van der Waals surface area contributed by atoms with Crippen LogP contribution in [0.25, 0.3) is 0 Å². The molecule has 0 unspecified atom stereocenters. The summed E-state index contributed by atoms with van der Waals surface area (Å²) in [6.07, 6.45) is 0.198. The second kappa shape index (κ2) is 7.79. The summed E-state index contributed by atoms with van der Waals surface area (Å²) >= 11 is 5.96. The fraction of sp³-hybridized carbons (Fsp3) is 0.222. The maximum absolute atomic E-state index is 12.0. The standard InChI is InChI=1S/C18H19ClN2O2/c1-12-7-8-14(11-13(12)2)21-17(22)9-10-20-18(23)15-5-3-4-6-16(15)19/h3-8,11H,9-10H2,1-2H3,(H,20,23)(H,21,22). The van der Waals surface area contributed by atoms with Gasteiger partial charge in [0, 0.05) is 18.7 Å². The van der Waals surface area contributed by atoms with E-state index < -0.39 is 0 Å². The van der Waals surface area contributed by atoms with Gasteiger partial charge < -0.3 is 10.6 Å². The van der Waals surface area contributed by atoms with Crippen molar-refractivity contribution in [1.29, 1.82) is 0 Å². The van der Waals surface area contributed by atoms with E-state index in [2.05, 4.69) is 10.6 Å². The third-order valence-electron chi connectivity index (χ3n) is 3.55. The molecule has 5 heteroatoms. The molecule has 23 heavy (non-hydrogen) atoms. The number of aryl methyl sites for hydroxylation is 2. The third kappa shape index (κ3) is 4.83. The molecule has 0 aliphatic heterocycles. The summed E-state index contributed by atoms with van der Waals surface area (Å²) in [4.78, 5) is 23.9. The number of nitrogens with one attached hydrogen (secondary N) is 2. The normalized spacial score (nSPS) is 10.2. The lowest BCUT2D eigenvalue weighted by Gasteiger charge is -2.09. The SMILES string of the molecule is Cc1ccc(NC(=O)CCNC(=O)c2ccccc2Cl)cc1C. The lowest BCUT2D eigenvalue weighted by Crippen LogP contribution is -2.27. The van der Waals surface area contributed by atoms with E-state index in [-0.39, 0.29) is 24.8 Å². The van der Waals surface area contributed by atoms with Crippen LogP contribution in [0.3, 0.4) is 0 Å². The van der Waals surface area contributed by atoms with Gasteiger partial charge in [0.25, 0.3) is 5.91 Å². The van der Waals surface area contributed by atoms with E-state index in [0.717, 1.165) is 11.3 Å². The Morgan fingerprint density at radius 2 is 1.78 bits per heavy atom. The van der Waals surface area contributed by atoms with Crippen LogP contribution >= 0.6 is 11.6 Å². The molecule has 0 spiro atoms. The fourth-order valence-electron chi connectivity index (χ4n) is 2.07. The van der Waals surface area contributed by atoms with E-state index in [0.29, 0.717) is 10.6 Å². The monoisotopic (exact) mass is 330 g/mol. The lowest BCUT2D eigenvalue weighted by molar-refractivity contribution is -0.116. The molecular formula is C18H19ClN2O2. The van der Waals surface area contributed by atoms with Gasteiger partial charge in [-0.05, 0) is 49.2 Å². The van der Waals surface area contributed by atoms with Gasteiger partial charge in [-0.1, -0.05) is 29.8 Å². The number of carbonyl (C=O) groups is 2. The van der Waals surface area contributed by atoms with E-state index >= 15 is 0 Å². The van der Waals surface area contributed by atoms with Crippen LogP contribution in [0.5, 0.6) is 0 Å².